The van der Waals surface area contributed by atoms with E-state index < -0.39 is 5.97 Å². The van der Waals surface area contributed by atoms with Gasteiger partial charge in [-0.2, -0.15) is 0 Å². The van der Waals surface area contributed by atoms with Crippen molar-refractivity contribution in [2.75, 3.05) is 20.2 Å². The molecule has 1 aromatic rings. The highest BCUT2D eigenvalue weighted by atomic mass is 16.5. The summed E-state index contributed by atoms with van der Waals surface area (Å²) in [6.07, 6.45) is 3.76. The number of ether oxygens (including phenoxy) is 1. The first-order valence-corrected chi connectivity index (χ1v) is 6.69. The van der Waals surface area contributed by atoms with Crippen LogP contribution >= 0.6 is 0 Å². The van der Waals surface area contributed by atoms with Gasteiger partial charge in [0.2, 0.25) is 5.76 Å². The third-order valence-corrected chi connectivity index (χ3v) is 3.38. The number of likely N-dealkylation sites (N-methyl/N-ethyl adjacent to an activating group) is 1. The van der Waals surface area contributed by atoms with Gasteiger partial charge in [0.05, 0.1) is 12.6 Å². The lowest BCUT2D eigenvalue weighted by atomic mass is 10.1. The normalized spacial score (nSPS) is 19.8. The fourth-order valence-electron chi connectivity index (χ4n) is 2.47. The molecule has 19 heavy (non-hydrogen) atoms. The van der Waals surface area contributed by atoms with Crippen molar-refractivity contribution in [2.24, 2.45) is 0 Å². The van der Waals surface area contributed by atoms with Crippen LogP contribution in [0.2, 0.25) is 0 Å². The van der Waals surface area contributed by atoms with Crippen molar-refractivity contribution in [3.63, 3.8) is 0 Å². The summed E-state index contributed by atoms with van der Waals surface area (Å²) in [5, 5.41) is 8.95. The zero-order valence-corrected chi connectivity index (χ0v) is 11.5. The molecule has 2 rings (SSSR count). The molecule has 0 spiro atoms. The molecule has 1 saturated heterocycles. The summed E-state index contributed by atoms with van der Waals surface area (Å²) in [4.78, 5) is 13.0. The molecule has 0 bridgehead atoms. The van der Waals surface area contributed by atoms with Gasteiger partial charge in [-0.15, -0.1) is 0 Å². The first-order valence-electron chi connectivity index (χ1n) is 6.69. The van der Waals surface area contributed by atoms with Crippen molar-refractivity contribution in [2.45, 2.75) is 38.8 Å². The minimum atomic E-state index is -1.01. The van der Waals surface area contributed by atoms with Crippen LogP contribution in [-0.2, 0) is 11.3 Å². The summed E-state index contributed by atoms with van der Waals surface area (Å²) >= 11 is 0. The lowest BCUT2D eigenvalue weighted by Crippen LogP contribution is -2.32. The highest BCUT2D eigenvalue weighted by Crippen LogP contribution is 2.18. The highest BCUT2D eigenvalue weighted by Gasteiger charge is 2.18. The molecule has 2 heterocycles. The quantitative estimate of drug-likeness (QED) is 0.886. The van der Waals surface area contributed by atoms with Crippen LogP contribution in [-0.4, -0.2) is 42.3 Å². The smallest absolute Gasteiger partial charge is 0.372 e. The van der Waals surface area contributed by atoms with E-state index in [4.69, 9.17) is 14.3 Å². The Balaban J connectivity index is 1.89. The van der Waals surface area contributed by atoms with Crippen LogP contribution in [0, 0.1) is 6.92 Å². The van der Waals surface area contributed by atoms with Gasteiger partial charge in [-0.25, -0.2) is 4.79 Å². The Morgan fingerprint density at radius 1 is 1.53 bits per heavy atom. The average molecular weight is 267 g/mol. The second-order valence-corrected chi connectivity index (χ2v) is 5.22. The number of hydrogen-bond acceptors (Lipinski definition) is 4. The average Bonchev–Trinajstić information content (AvgIpc) is 2.71. The van der Waals surface area contributed by atoms with Crippen LogP contribution in [0.25, 0.3) is 0 Å². The molecule has 1 N–H and O–H groups in total. The van der Waals surface area contributed by atoms with Crippen LogP contribution in [0.15, 0.2) is 10.5 Å². The first-order chi connectivity index (χ1) is 9.06. The molecular formula is C14H21NO4. The van der Waals surface area contributed by atoms with Gasteiger partial charge >= 0.3 is 5.97 Å². The largest absolute Gasteiger partial charge is 0.475 e. The molecule has 1 unspecified atom stereocenters. The maximum atomic E-state index is 10.9. The highest BCUT2D eigenvalue weighted by molar-refractivity contribution is 5.86. The molecule has 0 saturated carbocycles. The number of furan rings is 1. The van der Waals surface area contributed by atoms with E-state index in [0.717, 1.165) is 26.0 Å². The molecule has 0 aliphatic carbocycles. The van der Waals surface area contributed by atoms with E-state index in [-0.39, 0.29) is 11.9 Å². The number of nitrogens with zero attached hydrogens (tertiary/aromatic N) is 1. The summed E-state index contributed by atoms with van der Waals surface area (Å²) in [7, 11) is 2.00. The molecule has 0 radical (unpaired) electrons. The standard InChI is InChI=1S/C14H21NO4/c1-10-7-12(19-13(10)14(16)17)9-15(2)8-11-5-3-4-6-18-11/h7,11H,3-6,8-9H2,1-2H3,(H,16,17). The number of carbonyl (C=O) groups is 1. The van der Waals surface area contributed by atoms with Crippen LogP contribution in [0.3, 0.4) is 0 Å². The molecule has 1 aliphatic heterocycles. The predicted octanol–water partition coefficient (Wildman–Crippen LogP) is 2.29. The van der Waals surface area contributed by atoms with E-state index in [0.29, 0.717) is 17.9 Å². The molecule has 1 aliphatic rings. The van der Waals surface area contributed by atoms with Gasteiger partial charge in [0, 0.05) is 18.7 Å². The fraction of sp³-hybridized carbons (Fsp3) is 0.643. The third kappa shape index (κ3) is 3.81. The van der Waals surface area contributed by atoms with Crippen molar-refractivity contribution >= 4 is 5.97 Å². The van der Waals surface area contributed by atoms with Crippen molar-refractivity contribution in [1.82, 2.24) is 4.90 Å². The summed E-state index contributed by atoms with van der Waals surface area (Å²) < 4.78 is 11.0. The molecule has 1 atom stereocenters. The number of carboxylic acids is 1. The van der Waals surface area contributed by atoms with Crippen molar-refractivity contribution in [3.8, 4) is 0 Å². The van der Waals surface area contributed by atoms with E-state index in [1.165, 1.54) is 6.42 Å². The van der Waals surface area contributed by atoms with E-state index in [9.17, 15) is 4.79 Å². The molecule has 1 aromatic heterocycles. The summed E-state index contributed by atoms with van der Waals surface area (Å²) in [6.45, 7) is 4.05. The molecular weight excluding hydrogens is 246 g/mol. The molecule has 5 heteroatoms. The van der Waals surface area contributed by atoms with Gasteiger partial charge in [-0.3, -0.25) is 4.90 Å². The second kappa shape index (κ2) is 6.21. The Bertz CT molecular complexity index is 435. The van der Waals surface area contributed by atoms with E-state index in [2.05, 4.69) is 4.90 Å². The minimum absolute atomic E-state index is 0.0392. The molecule has 106 valence electrons. The molecule has 1 fully saturated rings. The third-order valence-electron chi connectivity index (χ3n) is 3.38. The Labute approximate surface area is 113 Å². The summed E-state index contributed by atoms with van der Waals surface area (Å²) in [6, 6.07) is 1.79. The predicted molar refractivity (Wildman–Crippen MR) is 70.3 cm³/mol. The Hall–Kier alpha value is -1.33. The van der Waals surface area contributed by atoms with E-state index in [1.807, 2.05) is 7.05 Å². The fourth-order valence-corrected chi connectivity index (χ4v) is 2.47. The zero-order valence-electron chi connectivity index (χ0n) is 11.5. The van der Waals surface area contributed by atoms with Gasteiger partial charge in [-0.1, -0.05) is 0 Å². The number of hydrogen-bond donors (Lipinski definition) is 1. The number of aromatic carboxylic acids is 1. The van der Waals surface area contributed by atoms with Crippen LogP contribution < -0.4 is 0 Å². The van der Waals surface area contributed by atoms with Gasteiger partial charge in [0.15, 0.2) is 0 Å². The van der Waals surface area contributed by atoms with Crippen LogP contribution in [0.1, 0.15) is 41.1 Å². The Morgan fingerprint density at radius 2 is 2.32 bits per heavy atom. The molecule has 0 amide bonds. The Kier molecular flexibility index (Phi) is 4.61. The zero-order chi connectivity index (χ0) is 13.8. The maximum absolute atomic E-state index is 10.9. The second-order valence-electron chi connectivity index (χ2n) is 5.22. The van der Waals surface area contributed by atoms with Gasteiger partial charge in [0.1, 0.15) is 5.76 Å². The van der Waals surface area contributed by atoms with Crippen LogP contribution in [0.4, 0.5) is 0 Å². The summed E-state index contributed by atoms with van der Waals surface area (Å²) in [5.74, 6) is -0.285. The maximum Gasteiger partial charge on any atom is 0.372 e. The molecule has 0 aromatic carbocycles. The van der Waals surface area contributed by atoms with Crippen LogP contribution in [0.5, 0.6) is 0 Å². The topological polar surface area (TPSA) is 62.9 Å². The number of carboxylic acid groups (broad SMARTS) is 1. The van der Waals surface area contributed by atoms with Crippen molar-refractivity contribution in [1.29, 1.82) is 0 Å². The van der Waals surface area contributed by atoms with E-state index >= 15 is 0 Å². The lowest BCUT2D eigenvalue weighted by molar-refractivity contribution is -0.00346. The lowest BCUT2D eigenvalue weighted by Gasteiger charge is -2.26. The van der Waals surface area contributed by atoms with Crippen molar-refractivity contribution in [3.05, 3.63) is 23.2 Å². The Morgan fingerprint density at radius 3 is 2.89 bits per heavy atom. The first kappa shape index (κ1) is 14.1. The number of rotatable bonds is 5. The monoisotopic (exact) mass is 267 g/mol. The number of aryl methyl sites for hydroxylation is 1. The van der Waals surface area contributed by atoms with E-state index in [1.54, 1.807) is 13.0 Å². The SMILES string of the molecule is Cc1cc(CN(C)CC2CCCCO2)oc1C(=O)O. The summed E-state index contributed by atoms with van der Waals surface area (Å²) in [5.41, 5.74) is 0.671. The van der Waals surface area contributed by atoms with Gasteiger partial charge in [-0.05, 0) is 39.3 Å². The minimum Gasteiger partial charge on any atom is -0.475 e. The molecule has 5 nitrogen and oxygen atoms in total. The van der Waals surface area contributed by atoms with Gasteiger partial charge in [0.25, 0.3) is 0 Å². The van der Waals surface area contributed by atoms with Gasteiger partial charge < -0.3 is 14.3 Å². The van der Waals surface area contributed by atoms with Crippen molar-refractivity contribution < 1.29 is 19.1 Å².